The van der Waals surface area contributed by atoms with Gasteiger partial charge in [0.25, 0.3) is 0 Å². The number of ether oxygens (including phenoxy) is 2. The van der Waals surface area contributed by atoms with Crippen molar-refractivity contribution in [1.82, 2.24) is 14.7 Å². The van der Waals surface area contributed by atoms with Crippen LogP contribution in [0.25, 0.3) is 0 Å². The van der Waals surface area contributed by atoms with Crippen LogP contribution in [0.1, 0.15) is 48.4 Å². The monoisotopic (exact) mass is 369 g/mol. The maximum absolute atomic E-state index is 5.52. The summed E-state index contributed by atoms with van der Waals surface area (Å²) in [6.07, 6.45) is 7.77. The summed E-state index contributed by atoms with van der Waals surface area (Å²) in [5.41, 5.74) is 3.93. The molecule has 146 valence electrons. The van der Waals surface area contributed by atoms with Gasteiger partial charge in [-0.05, 0) is 36.5 Å². The van der Waals surface area contributed by atoms with Gasteiger partial charge in [0.1, 0.15) is 5.75 Å². The van der Waals surface area contributed by atoms with E-state index in [4.69, 9.17) is 14.6 Å². The molecule has 4 rings (SSSR count). The molecule has 2 aromatic rings. The molecule has 1 saturated carbocycles. The SMILES string of the molecule is COCC1CN(Cc2ccc(OC)cc2)Cc2cn(CC3CCCC3)nc21. The minimum Gasteiger partial charge on any atom is -0.497 e. The molecule has 1 atom stereocenters. The second kappa shape index (κ2) is 8.44. The highest BCUT2D eigenvalue weighted by Gasteiger charge is 2.29. The van der Waals surface area contributed by atoms with Gasteiger partial charge in [-0.1, -0.05) is 25.0 Å². The lowest BCUT2D eigenvalue weighted by atomic mass is 9.97. The number of hydrogen-bond donors (Lipinski definition) is 0. The molecule has 0 saturated heterocycles. The normalized spacial score (nSPS) is 20.7. The Morgan fingerprint density at radius 2 is 1.89 bits per heavy atom. The Hall–Kier alpha value is -1.85. The molecule has 0 radical (unpaired) electrons. The molecule has 0 spiro atoms. The fraction of sp³-hybridized carbons (Fsp3) is 0.591. The van der Waals surface area contributed by atoms with Crippen LogP contribution in [0.3, 0.4) is 0 Å². The molecule has 2 heterocycles. The Labute approximate surface area is 162 Å². The van der Waals surface area contributed by atoms with E-state index in [9.17, 15) is 0 Å². The predicted octanol–water partition coefficient (Wildman–Crippen LogP) is 3.83. The van der Waals surface area contributed by atoms with Gasteiger partial charge in [0.05, 0.1) is 19.4 Å². The van der Waals surface area contributed by atoms with Crippen LogP contribution in [0.15, 0.2) is 30.5 Å². The van der Waals surface area contributed by atoms with Crippen LogP contribution in [0.2, 0.25) is 0 Å². The van der Waals surface area contributed by atoms with E-state index in [0.29, 0.717) is 5.92 Å². The fourth-order valence-electron chi connectivity index (χ4n) is 4.64. The maximum Gasteiger partial charge on any atom is 0.118 e. The molecule has 1 aliphatic heterocycles. The van der Waals surface area contributed by atoms with Crippen LogP contribution < -0.4 is 4.74 Å². The second-order valence-electron chi connectivity index (χ2n) is 8.08. The first-order valence-corrected chi connectivity index (χ1v) is 10.2. The molecule has 27 heavy (non-hydrogen) atoms. The summed E-state index contributed by atoms with van der Waals surface area (Å²) in [5.74, 6) is 2.06. The van der Waals surface area contributed by atoms with E-state index in [-0.39, 0.29) is 0 Å². The van der Waals surface area contributed by atoms with Crippen molar-refractivity contribution in [2.24, 2.45) is 5.92 Å². The summed E-state index contributed by atoms with van der Waals surface area (Å²) in [6.45, 7) is 4.70. The summed E-state index contributed by atoms with van der Waals surface area (Å²) in [7, 11) is 3.50. The minimum absolute atomic E-state index is 0.349. The number of hydrogen-bond acceptors (Lipinski definition) is 4. The van der Waals surface area contributed by atoms with Crippen molar-refractivity contribution < 1.29 is 9.47 Å². The highest BCUT2D eigenvalue weighted by atomic mass is 16.5. The zero-order valence-corrected chi connectivity index (χ0v) is 16.6. The van der Waals surface area contributed by atoms with Crippen molar-refractivity contribution in [2.45, 2.75) is 51.2 Å². The lowest BCUT2D eigenvalue weighted by molar-refractivity contribution is 0.134. The third-order valence-corrected chi connectivity index (χ3v) is 5.98. The van der Waals surface area contributed by atoms with E-state index in [1.54, 1.807) is 14.2 Å². The Bertz CT molecular complexity index is 735. The van der Waals surface area contributed by atoms with Gasteiger partial charge < -0.3 is 9.47 Å². The molecule has 0 bridgehead atoms. The van der Waals surface area contributed by atoms with Crippen LogP contribution in [-0.4, -0.2) is 42.1 Å². The molecule has 1 aromatic heterocycles. The Morgan fingerprint density at radius 1 is 1.11 bits per heavy atom. The molecule has 2 aliphatic rings. The molecule has 1 fully saturated rings. The van der Waals surface area contributed by atoms with E-state index in [2.05, 4.69) is 27.9 Å². The van der Waals surface area contributed by atoms with Gasteiger partial charge in [-0.15, -0.1) is 0 Å². The van der Waals surface area contributed by atoms with Gasteiger partial charge >= 0.3 is 0 Å². The van der Waals surface area contributed by atoms with Crippen molar-refractivity contribution in [1.29, 1.82) is 0 Å². The van der Waals surface area contributed by atoms with Crippen molar-refractivity contribution in [3.8, 4) is 5.75 Å². The molecule has 1 aromatic carbocycles. The lowest BCUT2D eigenvalue weighted by Gasteiger charge is -2.31. The van der Waals surface area contributed by atoms with Crippen LogP contribution in [0.4, 0.5) is 0 Å². The van der Waals surface area contributed by atoms with E-state index in [1.807, 2.05) is 12.1 Å². The summed E-state index contributed by atoms with van der Waals surface area (Å²) in [5, 5.41) is 4.97. The topological polar surface area (TPSA) is 39.5 Å². The third kappa shape index (κ3) is 4.36. The van der Waals surface area contributed by atoms with Crippen LogP contribution >= 0.6 is 0 Å². The zero-order valence-electron chi connectivity index (χ0n) is 16.6. The Kier molecular flexibility index (Phi) is 5.79. The van der Waals surface area contributed by atoms with Crippen molar-refractivity contribution in [2.75, 3.05) is 27.4 Å². The molecule has 5 nitrogen and oxygen atoms in total. The van der Waals surface area contributed by atoms with Gasteiger partial charge in [-0.25, -0.2) is 0 Å². The maximum atomic E-state index is 5.52. The van der Waals surface area contributed by atoms with Gasteiger partial charge in [-0.3, -0.25) is 9.58 Å². The minimum atomic E-state index is 0.349. The lowest BCUT2D eigenvalue weighted by Crippen LogP contribution is -2.34. The van der Waals surface area contributed by atoms with Crippen molar-refractivity contribution in [3.05, 3.63) is 47.3 Å². The standard InChI is InChI=1S/C22H31N3O2/c1-26-16-20-14-24(11-18-7-9-21(27-2)10-8-18)13-19-15-25(23-22(19)20)12-17-5-3-4-6-17/h7-10,15,17,20H,3-6,11-14,16H2,1-2H3. The molecule has 0 N–H and O–H groups in total. The molecular weight excluding hydrogens is 338 g/mol. The molecule has 0 amide bonds. The Balaban J connectivity index is 1.47. The van der Waals surface area contributed by atoms with E-state index in [0.717, 1.165) is 44.5 Å². The largest absolute Gasteiger partial charge is 0.497 e. The average molecular weight is 370 g/mol. The summed E-state index contributed by atoms with van der Waals surface area (Å²) < 4.78 is 13.0. The molecule has 1 unspecified atom stereocenters. The highest BCUT2D eigenvalue weighted by Crippen LogP contribution is 2.31. The summed E-state index contributed by atoms with van der Waals surface area (Å²) in [6, 6.07) is 8.39. The van der Waals surface area contributed by atoms with Crippen LogP contribution in [0.5, 0.6) is 5.75 Å². The van der Waals surface area contributed by atoms with Gasteiger partial charge in [0, 0.05) is 51.0 Å². The first-order chi connectivity index (χ1) is 13.2. The average Bonchev–Trinajstić information content (AvgIpc) is 3.32. The number of fused-ring (bicyclic) bond motifs is 1. The molecule has 5 heteroatoms. The second-order valence-corrected chi connectivity index (χ2v) is 8.08. The predicted molar refractivity (Wildman–Crippen MR) is 106 cm³/mol. The van der Waals surface area contributed by atoms with E-state index < -0.39 is 0 Å². The van der Waals surface area contributed by atoms with Crippen molar-refractivity contribution >= 4 is 0 Å². The first kappa shape index (κ1) is 18.5. The number of nitrogens with zero attached hydrogens (tertiary/aromatic N) is 3. The molecular formula is C22H31N3O2. The quantitative estimate of drug-likeness (QED) is 0.744. The summed E-state index contributed by atoms with van der Waals surface area (Å²) in [4.78, 5) is 2.51. The van der Waals surface area contributed by atoms with Gasteiger partial charge in [0.2, 0.25) is 0 Å². The molecule has 1 aliphatic carbocycles. The first-order valence-electron chi connectivity index (χ1n) is 10.2. The van der Waals surface area contributed by atoms with Crippen molar-refractivity contribution in [3.63, 3.8) is 0 Å². The number of methoxy groups -OCH3 is 2. The van der Waals surface area contributed by atoms with Crippen LogP contribution in [-0.2, 0) is 24.4 Å². The fourth-order valence-corrected chi connectivity index (χ4v) is 4.64. The van der Waals surface area contributed by atoms with Crippen LogP contribution in [0, 0.1) is 5.92 Å². The van der Waals surface area contributed by atoms with E-state index in [1.165, 1.54) is 42.5 Å². The van der Waals surface area contributed by atoms with Gasteiger partial charge in [0.15, 0.2) is 0 Å². The number of aromatic nitrogens is 2. The number of rotatable bonds is 7. The van der Waals surface area contributed by atoms with Gasteiger partial charge in [-0.2, -0.15) is 5.10 Å². The van der Waals surface area contributed by atoms with E-state index >= 15 is 0 Å². The third-order valence-electron chi connectivity index (χ3n) is 5.98. The number of benzene rings is 1. The zero-order chi connectivity index (χ0) is 18.6. The highest BCUT2D eigenvalue weighted by molar-refractivity contribution is 5.28. The Morgan fingerprint density at radius 3 is 2.59 bits per heavy atom. The summed E-state index contributed by atoms with van der Waals surface area (Å²) >= 11 is 0. The smallest absolute Gasteiger partial charge is 0.118 e.